The van der Waals surface area contributed by atoms with Crippen LogP contribution in [0.2, 0.25) is 0 Å². The Bertz CT molecular complexity index is 852. The SMILES string of the molecule is FC(F)(F)c1cn2c(n1)CN(Cc1nnnn1Cc1ccco1)CC2. The molecule has 0 radical (unpaired) electrons. The molecule has 0 saturated carbocycles. The van der Waals surface area contributed by atoms with Crippen LogP contribution < -0.4 is 0 Å². The maximum atomic E-state index is 12.8. The van der Waals surface area contributed by atoms with Gasteiger partial charge in [0.25, 0.3) is 0 Å². The van der Waals surface area contributed by atoms with Crippen molar-refractivity contribution in [2.75, 3.05) is 6.54 Å². The van der Waals surface area contributed by atoms with Crippen LogP contribution in [-0.2, 0) is 32.4 Å². The van der Waals surface area contributed by atoms with Crippen molar-refractivity contribution in [1.29, 1.82) is 0 Å². The van der Waals surface area contributed by atoms with E-state index in [-0.39, 0.29) is 0 Å². The van der Waals surface area contributed by atoms with Gasteiger partial charge in [0.15, 0.2) is 11.5 Å². The predicted octanol–water partition coefficient (Wildman–Crippen LogP) is 1.55. The topological polar surface area (TPSA) is 77.8 Å². The molecule has 0 aromatic carbocycles. The van der Waals surface area contributed by atoms with Crippen LogP contribution in [0.1, 0.15) is 23.1 Å². The molecular weight excluding hydrogens is 339 g/mol. The summed E-state index contributed by atoms with van der Waals surface area (Å²) in [5.41, 5.74) is -0.855. The summed E-state index contributed by atoms with van der Waals surface area (Å²) in [6, 6.07) is 3.60. The molecule has 4 heterocycles. The van der Waals surface area contributed by atoms with Crippen LogP contribution >= 0.6 is 0 Å². The second-order valence-corrected chi connectivity index (χ2v) is 5.78. The Morgan fingerprint density at radius 3 is 2.84 bits per heavy atom. The quantitative estimate of drug-likeness (QED) is 0.708. The molecule has 11 heteroatoms. The van der Waals surface area contributed by atoms with Gasteiger partial charge in [0.2, 0.25) is 0 Å². The molecule has 3 aromatic rings. The zero-order valence-electron chi connectivity index (χ0n) is 13.0. The van der Waals surface area contributed by atoms with Gasteiger partial charge in [-0.25, -0.2) is 9.67 Å². The van der Waals surface area contributed by atoms with Gasteiger partial charge in [-0.2, -0.15) is 13.2 Å². The van der Waals surface area contributed by atoms with Crippen LogP contribution in [0.15, 0.2) is 29.0 Å². The molecule has 0 atom stereocenters. The lowest BCUT2D eigenvalue weighted by molar-refractivity contribution is -0.141. The average molecular weight is 353 g/mol. The van der Waals surface area contributed by atoms with Gasteiger partial charge in [-0.15, -0.1) is 5.10 Å². The molecule has 0 spiro atoms. The molecule has 4 rings (SSSR count). The maximum Gasteiger partial charge on any atom is 0.434 e. The number of hydrogen-bond acceptors (Lipinski definition) is 6. The Hall–Kier alpha value is -2.69. The van der Waals surface area contributed by atoms with Crippen molar-refractivity contribution in [1.82, 2.24) is 34.7 Å². The summed E-state index contributed by atoms with van der Waals surface area (Å²) in [5, 5.41) is 11.6. The van der Waals surface area contributed by atoms with Gasteiger partial charge in [-0.05, 0) is 22.6 Å². The van der Waals surface area contributed by atoms with Crippen molar-refractivity contribution in [2.45, 2.75) is 32.4 Å². The summed E-state index contributed by atoms with van der Waals surface area (Å²) >= 11 is 0. The first-order valence-corrected chi connectivity index (χ1v) is 7.62. The van der Waals surface area contributed by atoms with Gasteiger partial charge in [0.05, 0.1) is 19.4 Å². The zero-order chi connectivity index (χ0) is 17.4. The molecule has 0 bridgehead atoms. The van der Waals surface area contributed by atoms with Crippen LogP contribution in [0, 0.1) is 0 Å². The first-order valence-electron chi connectivity index (χ1n) is 7.62. The smallest absolute Gasteiger partial charge is 0.434 e. The third-order valence-corrected chi connectivity index (χ3v) is 4.03. The van der Waals surface area contributed by atoms with Gasteiger partial charge in [-0.1, -0.05) is 0 Å². The molecule has 132 valence electrons. The van der Waals surface area contributed by atoms with E-state index in [1.165, 1.54) is 0 Å². The average Bonchev–Trinajstić information content (AvgIpc) is 3.28. The minimum Gasteiger partial charge on any atom is -0.467 e. The molecule has 0 unspecified atom stereocenters. The Labute approximate surface area is 139 Å². The first kappa shape index (κ1) is 15.8. The van der Waals surface area contributed by atoms with E-state index < -0.39 is 11.9 Å². The van der Waals surface area contributed by atoms with Crippen molar-refractivity contribution in [3.8, 4) is 0 Å². The van der Waals surface area contributed by atoms with Gasteiger partial charge in [0, 0.05) is 19.3 Å². The highest BCUT2D eigenvalue weighted by Gasteiger charge is 2.35. The van der Waals surface area contributed by atoms with E-state index in [2.05, 4.69) is 20.5 Å². The molecule has 1 aliphatic heterocycles. The summed E-state index contributed by atoms with van der Waals surface area (Å²) in [6.07, 6.45) is -1.79. The van der Waals surface area contributed by atoms with E-state index in [1.54, 1.807) is 21.6 Å². The molecule has 3 aromatic heterocycles. The van der Waals surface area contributed by atoms with E-state index >= 15 is 0 Å². The second-order valence-electron chi connectivity index (χ2n) is 5.78. The van der Waals surface area contributed by atoms with Crippen molar-refractivity contribution in [3.05, 3.63) is 47.7 Å². The van der Waals surface area contributed by atoms with Gasteiger partial charge >= 0.3 is 6.18 Å². The molecule has 0 saturated heterocycles. The number of furan rings is 1. The lowest BCUT2D eigenvalue weighted by Gasteiger charge is -2.26. The minimum atomic E-state index is -4.43. The van der Waals surface area contributed by atoms with Crippen LogP contribution in [0.4, 0.5) is 13.2 Å². The molecule has 1 aliphatic rings. The number of hydrogen-bond donors (Lipinski definition) is 0. The molecule has 0 aliphatic carbocycles. The number of nitrogens with zero attached hydrogens (tertiary/aromatic N) is 7. The lowest BCUT2D eigenvalue weighted by atomic mass is 10.3. The number of alkyl halides is 3. The van der Waals surface area contributed by atoms with Crippen LogP contribution in [0.5, 0.6) is 0 Å². The summed E-state index contributed by atoms with van der Waals surface area (Å²) in [5.74, 6) is 1.73. The molecular formula is C14H14F3N7O. The third-order valence-electron chi connectivity index (χ3n) is 4.03. The van der Waals surface area contributed by atoms with E-state index in [0.717, 1.165) is 12.0 Å². The fourth-order valence-corrected chi connectivity index (χ4v) is 2.78. The summed E-state index contributed by atoms with van der Waals surface area (Å²) in [4.78, 5) is 5.67. The van der Waals surface area contributed by atoms with E-state index in [0.29, 0.717) is 44.4 Å². The summed E-state index contributed by atoms with van der Waals surface area (Å²) in [6.45, 7) is 2.16. The molecule has 25 heavy (non-hydrogen) atoms. The van der Waals surface area contributed by atoms with Gasteiger partial charge in [-0.3, -0.25) is 4.90 Å². The third kappa shape index (κ3) is 3.27. The fourth-order valence-electron chi connectivity index (χ4n) is 2.78. The van der Waals surface area contributed by atoms with Crippen LogP contribution in [-0.4, -0.2) is 41.2 Å². The minimum absolute atomic E-state index is 0.309. The fraction of sp³-hybridized carbons (Fsp3) is 0.429. The van der Waals surface area contributed by atoms with Crippen molar-refractivity contribution >= 4 is 0 Å². The van der Waals surface area contributed by atoms with E-state index in [1.807, 2.05) is 11.0 Å². The number of fused-ring (bicyclic) bond motifs is 1. The van der Waals surface area contributed by atoms with Crippen molar-refractivity contribution < 1.29 is 17.6 Å². The van der Waals surface area contributed by atoms with Gasteiger partial charge in [0.1, 0.15) is 18.1 Å². The molecule has 8 nitrogen and oxygen atoms in total. The normalized spacial score (nSPS) is 15.5. The number of rotatable bonds is 4. The number of aromatic nitrogens is 6. The highest BCUT2D eigenvalue weighted by Crippen LogP contribution is 2.29. The molecule has 0 N–H and O–H groups in total. The zero-order valence-corrected chi connectivity index (χ0v) is 13.0. The highest BCUT2D eigenvalue weighted by molar-refractivity contribution is 5.09. The van der Waals surface area contributed by atoms with Crippen molar-refractivity contribution in [2.24, 2.45) is 0 Å². The highest BCUT2D eigenvalue weighted by atomic mass is 19.4. The van der Waals surface area contributed by atoms with Gasteiger partial charge < -0.3 is 8.98 Å². The van der Waals surface area contributed by atoms with E-state index in [9.17, 15) is 13.2 Å². The standard InChI is InChI=1S/C14H14F3N7O/c15-14(16,17)11-7-23-4-3-22(8-12(23)18-11)9-13-19-20-21-24(13)6-10-2-1-5-25-10/h1-2,5,7H,3-4,6,8-9H2. The Morgan fingerprint density at radius 2 is 2.08 bits per heavy atom. The summed E-state index contributed by atoms with van der Waals surface area (Å²) in [7, 11) is 0. The van der Waals surface area contributed by atoms with E-state index in [4.69, 9.17) is 4.42 Å². The van der Waals surface area contributed by atoms with Crippen LogP contribution in [0.25, 0.3) is 0 Å². The summed E-state index contributed by atoms with van der Waals surface area (Å²) < 4.78 is 46.8. The molecule has 0 amide bonds. The monoisotopic (exact) mass is 353 g/mol. The maximum absolute atomic E-state index is 12.8. The molecule has 0 fully saturated rings. The Morgan fingerprint density at radius 1 is 1.20 bits per heavy atom. The Balaban J connectivity index is 1.46. The largest absolute Gasteiger partial charge is 0.467 e. The number of halogens is 3. The predicted molar refractivity (Wildman–Crippen MR) is 77.0 cm³/mol. The first-order chi connectivity index (χ1) is 12.0. The van der Waals surface area contributed by atoms with Crippen molar-refractivity contribution in [3.63, 3.8) is 0 Å². The second kappa shape index (κ2) is 5.99. The number of imidazole rings is 1. The lowest BCUT2D eigenvalue weighted by Crippen LogP contribution is -2.34. The van der Waals surface area contributed by atoms with Crippen LogP contribution in [0.3, 0.4) is 0 Å². The number of tetrazole rings is 1. The Kier molecular flexibility index (Phi) is 3.79.